The maximum absolute atomic E-state index is 13.2. The molecule has 0 aliphatic carbocycles. The molecular weight excluding hydrogens is 393 g/mol. The molecule has 3 rings (SSSR count). The van der Waals surface area contributed by atoms with Crippen LogP contribution >= 0.6 is 35.6 Å². The molecule has 26 heavy (non-hydrogen) atoms. The minimum Gasteiger partial charge on any atom is -0.487 e. The number of thiocarbonyl (C=S) groups is 1. The molecule has 0 saturated carbocycles. The lowest BCUT2D eigenvalue weighted by molar-refractivity contribution is -0.125. The molecule has 2 aromatic rings. The van der Waals surface area contributed by atoms with E-state index in [1.54, 1.807) is 29.2 Å². The van der Waals surface area contributed by atoms with Crippen LogP contribution in [0.2, 0.25) is 5.02 Å². The lowest BCUT2D eigenvalue weighted by Crippen LogP contribution is -2.31. The fraction of sp³-hybridized carbons (Fsp3) is 0.263. The van der Waals surface area contributed by atoms with Crippen molar-refractivity contribution in [1.82, 2.24) is 4.90 Å². The highest BCUT2D eigenvalue weighted by Crippen LogP contribution is 2.32. The van der Waals surface area contributed by atoms with E-state index in [4.69, 9.17) is 28.6 Å². The summed E-state index contributed by atoms with van der Waals surface area (Å²) in [7, 11) is 0. The van der Waals surface area contributed by atoms with E-state index in [9.17, 15) is 9.18 Å². The zero-order chi connectivity index (χ0) is 18.7. The lowest BCUT2D eigenvalue weighted by atomic mass is 10.1. The van der Waals surface area contributed by atoms with Crippen LogP contribution in [0.1, 0.15) is 18.1 Å². The Bertz CT molecular complexity index is 846. The van der Waals surface area contributed by atoms with Gasteiger partial charge in [0.1, 0.15) is 22.5 Å². The summed E-state index contributed by atoms with van der Waals surface area (Å²) in [5, 5.41) is 0.252. The number of nitrogens with zero attached hydrogens (tertiary/aromatic N) is 1. The number of carbonyl (C=O) groups excluding carboxylic acids is 1. The van der Waals surface area contributed by atoms with E-state index in [2.05, 4.69) is 0 Å². The summed E-state index contributed by atoms with van der Waals surface area (Å²) in [5.74, 6) is 0.270. The highest BCUT2D eigenvalue weighted by molar-refractivity contribution is 8.24. The average molecular weight is 410 g/mol. The first kappa shape index (κ1) is 19.1. The SMILES string of the molecule is CCN1C(=O)[C@H](Cc2ccc(OCc3cccc(F)c3)c(Cl)c2)SC1=S. The predicted molar refractivity (Wildman–Crippen MR) is 107 cm³/mol. The molecular formula is C19H17ClFNO2S2. The minimum absolute atomic E-state index is 0.0463. The molecule has 1 atom stereocenters. The van der Waals surface area contributed by atoms with Crippen molar-refractivity contribution >= 4 is 45.8 Å². The Hall–Kier alpha value is -1.63. The standard InChI is InChI=1S/C19H17ClFNO2S2/c1-2-22-18(23)17(26-19(22)25)10-12-6-7-16(15(20)9-12)24-11-13-4-3-5-14(21)8-13/h3-9,17H,2,10-11H2,1H3/t17-/m0/s1. The van der Waals surface area contributed by atoms with Crippen molar-refractivity contribution in [3.8, 4) is 5.75 Å². The van der Waals surface area contributed by atoms with Gasteiger partial charge in [0.15, 0.2) is 0 Å². The van der Waals surface area contributed by atoms with Gasteiger partial charge in [-0.3, -0.25) is 9.69 Å². The summed E-state index contributed by atoms with van der Waals surface area (Å²) < 4.78 is 19.5. The molecule has 0 aromatic heterocycles. The summed E-state index contributed by atoms with van der Waals surface area (Å²) in [5.41, 5.74) is 1.67. The number of ether oxygens (including phenoxy) is 1. The average Bonchev–Trinajstić information content (AvgIpc) is 2.87. The van der Waals surface area contributed by atoms with Crippen molar-refractivity contribution in [3.63, 3.8) is 0 Å². The van der Waals surface area contributed by atoms with Crippen LogP contribution in [0.3, 0.4) is 0 Å². The van der Waals surface area contributed by atoms with Gasteiger partial charge in [-0.05, 0) is 48.7 Å². The van der Waals surface area contributed by atoms with Crippen LogP contribution in [0, 0.1) is 5.82 Å². The molecule has 0 N–H and O–H groups in total. The van der Waals surface area contributed by atoms with Gasteiger partial charge >= 0.3 is 0 Å². The van der Waals surface area contributed by atoms with E-state index < -0.39 is 0 Å². The topological polar surface area (TPSA) is 29.5 Å². The first-order chi connectivity index (χ1) is 12.5. The van der Waals surface area contributed by atoms with Crippen molar-refractivity contribution in [1.29, 1.82) is 0 Å². The van der Waals surface area contributed by atoms with Crippen LogP contribution in [0.25, 0.3) is 0 Å². The van der Waals surface area contributed by atoms with Crippen LogP contribution in [-0.4, -0.2) is 26.9 Å². The van der Waals surface area contributed by atoms with Crippen molar-refractivity contribution in [3.05, 3.63) is 64.4 Å². The molecule has 0 spiro atoms. The Labute approximate surface area is 166 Å². The van der Waals surface area contributed by atoms with Gasteiger partial charge in [-0.2, -0.15) is 0 Å². The van der Waals surface area contributed by atoms with Gasteiger partial charge < -0.3 is 4.74 Å². The fourth-order valence-corrected chi connectivity index (χ4v) is 4.62. The van der Waals surface area contributed by atoms with E-state index >= 15 is 0 Å². The van der Waals surface area contributed by atoms with E-state index in [1.165, 1.54) is 23.9 Å². The van der Waals surface area contributed by atoms with Crippen molar-refractivity contribution < 1.29 is 13.9 Å². The van der Waals surface area contributed by atoms with Crippen molar-refractivity contribution in [2.75, 3.05) is 6.54 Å². The number of rotatable bonds is 6. The minimum atomic E-state index is -0.301. The van der Waals surface area contributed by atoms with E-state index in [0.29, 0.717) is 28.1 Å². The van der Waals surface area contributed by atoms with Crippen LogP contribution in [0.15, 0.2) is 42.5 Å². The van der Waals surface area contributed by atoms with Crippen molar-refractivity contribution in [2.24, 2.45) is 0 Å². The molecule has 7 heteroatoms. The number of carbonyl (C=O) groups is 1. The summed E-state index contributed by atoms with van der Waals surface area (Å²) in [4.78, 5) is 13.9. The summed E-state index contributed by atoms with van der Waals surface area (Å²) in [6, 6.07) is 11.7. The second kappa shape index (κ2) is 8.37. The van der Waals surface area contributed by atoms with E-state index in [1.807, 2.05) is 13.0 Å². The quantitative estimate of drug-likeness (QED) is 0.638. The monoisotopic (exact) mass is 409 g/mol. The highest BCUT2D eigenvalue weighted by Gasteiger charge is 2.35. The molecule has 3 nitrogen and oxygen atoms in total. The summed E-state index contributed by atoms with van der Waals surface area (Å²) in [6.45, 7) is 2.73. The first-order valence-corrected chi connectivity index (χ1v) is 9.82. The third-order valence-corrected chi connectivity index (χ3v) is 5.90. The predicted octanol–water partition coefficient (Wildman–Crippen LogP) is 4.85. The second-order valence-electron chi connectivity index (χ2n) is 5.84. The Kier molecular flexibility index (Phi) is 6.16. The number of halogens is 2. The maximum Gasteiger partial charge on any atom is 0.241 e. The highest BCUT2D eigenvalue weighted by atomic mass is 35.5. The molecule has 1 saturated heterocycles. The van der Waals surface area contributed by atoms with Crippen molar-refractivity contribution in [2.45, 2.75) is 25.2 Å². The van der Waals surface area contributed by atoms with Crippen LogP contribution in [0.4, 0.5) is 4.39 Å². The Morgan fingerprint density at radius 2 is 2.08 bits per heavy atom. The largest absolute Gasteiger partial charge is 0.487 e. The van der Waals surface area contributed by atoms with Gasteiger partial charge in [0.05, 0.1) is 10.3 Å². The number of hydrogen-bond acceptors (Lipinski definition) is 4. The van der Waals surface area contributed by atoms with Gasteiger partial charge in [0.25, 0.3) is 0 Å². The zero-order valence-corrected chi connectivity index (χ0v) is 16.5. The molecule has 0 radical (unpaired) electrons. The second-order valence-corrected chi connectivity index (χ2v) is 8.09. The number of hydrogen-bond donors (Lipinski definition) is 0. The number of amides is 1. The smallest absolute Gasteiger partial charge is 0.241 e. The van der Waals surface area contributed by atoms with Gasteiger partial charge in [-0.1, -0.05) is 53.8 Å². The molecule has 1 aliphatic heterocycles. The molecule has 0 unspecified atom stereocenters. The third kappa shape index (κ3) is 4.37. The number of thioether (sulfide) groups is 1. The Morgan fingerprint density at radius 3 is 2.73 bits per heavy atom. The van der Waals surface area contributed by atoms with Crippen LogP contribution < -0.4 is 4.74 Å². The fourth-order valence-electron chi connectivity index (χ4n) is 2.70. The van der Waals surface area contributed by atoms with Crippen LogP contribution in [-0.2, 0) is 17.8 Å². The molecule has 136 valence electrons. The summed E-state index contributed by atoms with van der Waals surface area (Å²) in [6.07, 6.45) is 0.560. The molecule has 2 aromatic carbocycles. The maximum atomic E-state index is 13.2. The Balaban J connectivity index is 1.64. The van der Waals surface area contributed by atoms with Gasteiger partial charge in [-0.15, -0.1) is 0 Å². The van der Waals surface area contributed by atoms with Gasteiger partial charge in [-0.25, -0.2) is 4.39 Å². The summed E-state index contributed by atoms with van der Waals surface area (Å²) >= 11 is 13.0. The lowest BCUT2D eigenvalue weighted by Gasteiger charge is -2.13. The van der Waals surface area contributed by atoms with E-state index in [-0.39, 0.29) is 23.6 Å². The zero-order valence-electron chi connectivity index (χ0n) is 14.1. The number of benzene rings is 2. The first-order valence-electron chi connectivity index (χ1n) is 8.15. The molecule has 1 heterocycles. The normalized spacial score (nSPS) is 17.0. The third-order valence-electron chi connectivity index (χ3n) is 4.02. The van der Waals surface area contributed by atoms with Gasteiger partial charge in [0.2, 0.25) is 5.91 Å². The molecule has 1 aliphatic rings. The van der Waals surface area contributed by atoms with Crippen LogP contribution in [0.5, 0.6) is 5.75 Å². The van der Waals surface area contributed by atoms with E-state index in [0.717, 1.165) is 11.1 Å². The Morgan fingerprint density at radius 1 is 1.27 bits per heavy atom. The molecule has 1 fully saturated rings. The van der Waals surface area contributed by atoms with Gasteiger partial charge in [0, 0.05) is 6.54 Å². The molecule has 0 bridgehead atoms. The molecule has 1 amide bonds.